The molecule has 1 unspecified atom stereocenters. The monoisotopic (exact) mass is 548 g/mol. The molecule has 1 atom stereocenters. The van der Waals surface area contributed by atoms with Crippen molar-refractivity contribution in [1.82, 2.24) is 10.2 Å². The number of amides is 2. The zero-order chi connectivity index (χ0) is 25.3. The Balaban J connectivity index is 2.65. The summed E-state index contributed by atoms with van der Waals surface area (Å²) in [6, 6.07) is 2.51. The first-order chi connectivity index (χ1) is 16.1. The third-order valence-electron chi connectivity index (χ3n) is 5.58. The predicted octanol–water partition coefficient (Wildman–Crippen LogP) is 7.12. The van der Waals surface area contributed by atoms with E-state index in [-0.39, 0.29) is 23.9 Å². The van der Waals surface area contributed by atoms with Crippen LogP contribution in [0.2, 0.25) is 0 Å². The third-order valence-corrected chi connectivity index (χ3v) is 6.88. The number of allylic oxidation sites excluding steroid dienone is 5. The number of carbonyl (C=O) groups is 2. The largest absolute Gasteiger partial charge is 0.351 e. The molecule has 1 N–H and O–H groups in total. The van der Waals surface area contributed by atoms with Gasteiger partial charge >= 0.3 is 0 Å². The van der Waals surface area contributed by atoms with E-state index >= 15 is 0 Å². The maximum Gasteiger partial charge on any atom is 0.248 e. The summed E-state index contributed by atoms with van der Waals surface area (Å²) >= 11 is 4.82. The van der Waals surface area contributed by atoms with Gasteiger partial charge in [-0.15, -0.1) is 11.3 Å². The highest BCUT2D eigenvalue weighted by atomic mass is 79.9. The average molecular weight is 550 g/mol. The number of nitrogens with one attached hydrogen (secondary N) is 1. The van der Waals surface area contributed by atoms with Crippen molar-refractivity contribution in [3.8, 4) is 0 Å². The van der Waals surface area contributed by atoms with E-state index in [9.17, 15) is 14.0 Å². The van der Waals surface area contributed by atoms with Crippen LogP contribution in [-0.4, -0.2) is 28.8 Å². The van der Waals surface area contributed by atoms with Crippen LogP contribution >= 0.6 is 27.3 Å². The molecule has 1 saturated carbocycles. The zero-order valence-corrected chi connectivity index (χ0v) is 22.6. The summed E-state index contributed by atoms with van der Waals surface area (Å²) in [6.45, 7) is 12.7. The molecule has 1 heterocycles. The number of halogens is 2. The van der Waals surface area contributed by atoms with Crippen LogP contribution in [-0.2, 0) is 16.0 Å². The Labute approximate surface area is 215 Å². The molecule has 0 spiro atoms. The number of thiophene rings is 1. The molecule has 1 aliphatic rings. The van der Waals surface area contributed by atoms with Gasteiger partial charge < -0.3 is 5.32 Å². The van der Waals surface area contributed by atoms with Crippen LogP contribution < -0.4 is 5.32 Å². The minimum absolute atomic E-state index is 0.00181. The van der Waals surface area contributed by atoms with Crippen LogP contribution in [0.15, 0.2) is 76.1 Å². The quantitative estimate of drug-likeness (QED) is 0.316. The SMILES string of the molecule is C=C(C)C=C(C=CC)N(C(=O)Cc1cccs1)C(C(=O)NC1CCCCC1)C(C(=C)F)=C(C)Br. The van der Waals surface area contributed by atoms with Gasteiger partial charge in [0.2, 0.25) is 11.8 Å². The molecule has 1 fully saturated rings. The van der Waals surface area contributed by atoms with Crippen molar-refractivity contribution in [1.29, 1.82) is 0 Å². The Kier molecular flexibility index (Phi) is 11.2. The molecular formula is C27H34BrFN2O2S. The molecule has 0 radical (unpaired) electrons. The van der Waals surface area contributed by atoms with Crippen LogP contribution in [0.4, 0.5) is 4.39 Å². The van der Waals surface area contributed by atoms with Gasteiger partial charge in [0.25, 0.3) is 0 Å². The smallest absolute Gasteiger partial charge is 0.248 e. The van der Waals surface area contributed by atoms with E-state index in [1.54, 1.807) is 25.2 Å². The second-order valence-electron chi connectivity index (χ2n) is 8.53. The molecule has 184 valence electrons. The maximum absolute atomic E-state index is 14.9. The van der Waals surface area contributed by atoms with E-state index < -0.39 is 17.8 Å². The number of rotatable bonds is 10. The molecule has 1 aromatic rings. The van der Waals surface area contributed by atoms with E-state index in [4.69, 9.17) is 0 Å². The molecule has 0 bridgehead atoms. The van der Waals surface area contributed by atoms with Gasteiger partial charge in [0.05, 0.1) is 6.42 Å². The molecule has 34 heavy (non-hydrogen) atoms. The highest BCUT2D eigenvalue weighted by Crippen LogP contribution is 2.31. The topological polar surface area (TPSA) is 49.4 Å². The van der Waals surface area contributed by atoms with Gasteiger partial charge in [0, 0.05) is 26.7 Å². The van der Waals surface area contributed by atoms with Gasteiger partial charge in [0.15, 0.2) is 0 Å². The van der Waals surface area contributed by atoms with Gasteiger partial charge in [-0.05, 0) is 57.2 Å². The molecule has 1 aromatic heterocycles. The molecular weight excluding hydrogens is 515 g/mol. The number of carbonyl (C=O) groups excluding carboxylic acids is 2. The lowest BCUT2D eigenvalue weighted by Gasteiger charge is -2.35. The standard InChI is InChI=1S/C27H34BrFN2O2S/c1-6-11-22(16-18(2)3)31(24(32)17-23-14-10-15-34-23)26(25(19(4)28)20(5)29)27(33)30-21-12-8-7-9-13-21/h6,10-11,14-16,21,26H,2,5,7-9,12-13,17H2,1,3-4H3,(H,30,33). The Morgan fingerprint density at radius 3 is 2.47 bits per heavy atom. The highest BCUT2D eigenvalue weighted by Gasteiger charge is 2.38. The third kappa shape index (κ3) is 7.91. The summed E-state index contributed by atoms with van der Waals surface area (Å²) in [6.07, 6.45) is 10.3. The summed E-state index contributed by atoms with van der Waals surface area (Å²) in [5, 5.41) is 4.98. The second-order valence-corrected chi connectivity index (χ2v) is 10.8. The Bertz CT molecular complexity index is 984. The van der Waals surface area contributed by atoms with Gasteiger partial charge in [-0.1, -0.05) is 66.1 Å². The van der Waals surface area contributed by atoms with Crippen molar-refractivity contribution in [3.63, 3.8) is 0 Å². The summed E-state index contributed by atoms with van der Waals surface area (Å²) in [5.41, 5.74) is 1.21. The normalized spacial score (nSPS) is 16.7. The minimum atomic E-state index is -1.23. The van der Waals surface area contributed by atoms with Crippen molar-refractivity contribution in [2.75, 3.05) is 0 Å². The van der Waals surface area contributed by atoms with Crippen LogP contribution in [0.3, 0.4) is 0 Å². The van der Waals surface area contributed by atoms with Gasteiger partial charge in [0.1, 0.15) is 11.9 Å². The Morgan fingerprint density at radius 2 is 1.97 bits per heavy atom. The molecule has 2 amide bonds. The van der Waals surface area contributed by atoms with Gasteiger partial charge in [-0.3, -0.25) is 14.5 Å². The fraction of sp³-hybridized carbons (Fsp3) is 0.407. The predicted molar refractivity (Wildman–Crippen MR) is 143 cm³/mol. The lowest BCUT2D eigenvalue weighted by molar-refractivity contribution is -0.136. The van der Waals surface area contributed by atoms with Gasteiger partial charge in [-0.25, -0.2) is 4.39 Å². The fourth-order valence-corrected chi connectivity index (χ4v) is 5.26. The van der Waals surface area contributed by atoms with Crippen molar-refractivity contribution in [2.24, 2.45) is 0 Å². The van der Waals surface area contributed by atoms with E-state index in [0.29, 0.717) is 15.8 Å². The first kappa shape index (κ1) is 28.0. The van der Waals surface area contributed by atoms with E-state index in [0.717, 1.165) is 37.0 Å². The molecule has 0 aromatic carbocycles. The lowest BCUT2D eigenvalue weighted by atomic mass is 9.94. The first-order valence-corrected chi connectivity index (χ1v) is 13.2. The first-order valence-electron chi connectivity index (χ1n) is 11.5. The molecule has 0 saturated heterocycles. The van der Waals surface area contributed by atoms with Crippen molar-refractivity contribution >= 4 is 39.1 Å². The van der Waals surface area contributed by atoms with E-state index in [1.807, 2.05) is 31.4 Å². The van der Waals surface area contributed by atoms with Crippen LogP contribution in [0.1, 0.15) is 57.8 Å². The zero-order valence-electron chi connectivity index (χ0n) is 20.2. The fourth-order valence-electron chi connectivity index (χ4n) is 4.13. The second kappa shape index (κ2) is 13.6. The van der Waals surface area contributed by atoms with Crippen molar-refractivity contribution in [3.05, 3.63) is 80.9 Å². The summed E-state index contributed by atoms with van der Waals surface area (Å²) in [5.74, 6) is -1.50. The number of hydrogen-bond acceptors (Lipinski definition) is 3. The molecule has 2 rings (SSSR count). The lowest BCUT2D eigenvalue weighted by Crippen LogP contribution is -2.53. The van der Waals surface area contributed by atoms with E-state index in [2.05, 4.69) is 34.4 Å². The van der Waals surface area contributed by atoms with Crippen molar-refractivity contribution in [2.45, 2.75) is 71.4 Å². The summed E-state index contributed by atoms with van der Waals surface area (Å²) in [7, 11) is 0. The van der Waals surface area contributed by atoms with Crippen LogP contribution in [0.25, 0.3) is 0 Å². The van der Waals surface area contributed by atoms with Crippen LogP contribution in [0.5, 0.6) is 0 Å². The summed E-state index contributed by atoms with van der Waals surface area (Å²) < 4.78 is 15.3. The Morgan fingerprint density at radius 1 is 1.29 bits per heavy atom. The van der Waals surface area contributed by atoms with Crippen molar-refractivity contribution < 1.29 is 14.0 Å². The van der Waals surface area contributed by atoms with E-state index in [1.165, 1.54) is 16.2 Å². The Hall–Kier alpha value is -2.25. The summed E-state index contributed by atoms with van der Waals surface area (Å²) in [4.78, 5) is 29.8. The average Bonchev–Trinajstić information content (AvgIpc) is 3.26. The highest BCUT2D eigenvalue weighted by molar-refractivity contribution is 9.11. The van der Waals surface area contributed by atoms with Crippen LogP contribution in [0, 0.1) is 0 Å². The molecule has 1 aliphatic carbocycles. The molecule has 4 nitrogen and oxygen atoms in total. The number of nitrogens with zero attached hydrogens (tertiary/aromatic N) is 1. The molecule has 0 aliphatic heterocycles. The number of hydrogen-bond donors (Lipinski definition) is 1. The molecule has 7 heteroatoms. The minimum Gasteiger partial charge on any atom is -0.351 e. The van der Waals surface area contributed by atoms with Gasteiger partial charge in [-0.2, -0.15) is 0 Å². The maximum atomic E-state index is 14.9.